The molecule has 2 N–H and O–H groups in total. The van der Waals surface area contributed by atoms with Gasteiger partial charge in [0, 0.05) is 27.5 Å². The molecular weight excluding hydrogens is 491 g/mol. The minimum atomic E-state index is -4.59. The van der Waals surface area contributed by atoms with Crippen LogP contribution in [0.2, 0.25) is 5.02 Å². The topological polar surface area (TPSA) is 70.1 Å². The maximum atomic E-state index is 13.4. The Bertz CT molecular complexity index is 1230. The molecule has 172 valence electrons. The van der Waals surface area contributed by atoms with Crippen molar-refractivity contribution in [2.24, 2.45) is 5.73 Å². The van der Waals surface area contributed by atoms with E-state index in [1.54, 1.807) is 11.8 Å². The van der Waals surface area contributed by atoms with Crippen molar-refractivity contribution in [3.05, 3.63) is 67.8 Å². The van der Waals surface area contributed by atoms with Gasteiger partial charge in [-0.1, -0.05) is 18.5 Å². The Morgan fingerprint density at radius 1 is 1.33 bits per heavy atom. The largest absolute Gasteiger partial charge is 0.416 e. The highest BCUT2D eigenvalue weighted by atomic mass is 35.5. The first kappa shape index (κ1) is 23.7. The van der Waals surface area contributed by atoms with E-state index in [2.05, 4.69) is 6.07 Å². The molecule has 33 heavy (non-hydrogen) atoms. The summed E-state index contributed by atoms with van der Waals surface area (Å²) in [6.45, 7) is 2.01. The summed E-state index contributed by atoms with van der Waals surface area (Å²) in [6.07, 6.45) is -3.31. The fourth-order valence-electron chi connectivity index (χ4n) is 4.28. The number of rotatable bonds is 4. The molecule has 1 aromatic heterocycles. The lowest BCUT2D eigenvalue weighted by Crippen LogP contribution is -2.39. The molecule has 0 saturated carbocycles. The monoisotopic (exact) mass is 509 g/mol. The summed E-state index contributed by atoms with van der Waals surface area (Å²) in [5.41, 5.74) is 6.64. The zero-order chi connectivity index (χ0) is 23.9. The molecule has 10 heteroatoms. The van der Waals surface area contributed by atoms with E-state index < -0.39 is 17.7 Å². The third-order valence-corrected chi connectivity index (χ3v) is 8.03. The van der Waals surface area contributed by atoms with Crippen molar-refractivity contribution in [3.63, 3.8) is 0 Å². The number of hydrogen-bond acceptors (Lipinski definition) is 6. The van der Waals surface area contributed by atoms with Crippen molar-refractivity contribution in [2.45, 2.75) is 43.2 Å². The van der Waals surface area contributed by atoms with Crippen LogP contribution in [0.25, 0.3) is 0 Å². The number of anilines is 1. The molecule has 0 saturated heterocycles. The van der Waals surface area contributed by atoms with E-state index in [4.69, 9.17) is 17.3 Å². The van der Waals surface area contributed by atoms with Gasteiger partial charge in [-0.25, -0.2) is 0 Å². The maximum Gasteiger partial charge on any atom is 0.416 e. The van der Waals surface area contributed by atoms with Crippen LogP contribution >= 0.6 is 34.7 Å². The van der Waals surface area contributed by atoms with Crippen molar-refractivity contribution in [2.75, 3.05) is 10.7 Å². The summed E-state index contributed by atoms with van der Waals surface area (Å²) in [5, 5.41) is 12.0. The van der Waals surface area contributed by atoms with E-state index in [9.17, 15) is 23.2 Å². The van der Waals surface area contributed by atoms with Crippen molar-refractivity contribution in [1.82, 2.24) is 0 Å². The Kier molecular flexibility index (Phi) is 6.54. The van der Waals surface area contributed by atoms with Crippen LogP contribution in [0.5, 0.6) is 0 Å². The predicted octanol–water partition coefficient (Wildman–Crippen LogP) is 6.84. The summed E-state index contributed by atoms with van der Waals surface area (Å²) in [4.78, 5) is 16.4. The van der Waals surface area contributed by atoms with Crippen molar-refractivity contribution < 1.29 is 18.0 Å². The van der Waals surface area contributed by atoms with Gasteiger partial charge in [0.1, 0.15) is 5.82 Å². The van der Waals surface area contributed by atoms with Crippen LogP contribution < -0.4 is 10.6 Å². The van der Waals surface area contributed by atoms with Crippen LogP contribution in [0.4, 0.5) is 18.9 Å². The molecule has 2 aliphatic rings. The summed E-state index contributed by atoms with van der Waals surface area (Å²) < 4.78 is 40.3. The first-order valence-electron chi connectivity index (χ1n) is 10.2. The number of allylic oxidation sites excluding steroid dienone is 3. The lowest BCUT2D eigenvalue weighted by molar-refractivity contribution is -0.137. The van der Waals surface area contributed by atoms with E-state index >= 15 is 0 Å². The van der Waals surface area contributed by atoms with Crippen LogP contribution in [-0.2, 0) is 11.0 Å². The highest BCUT2D eigenvalue weighted by Gasteiger charge is 2.42. The van der Waals surface area contributed by atoms with Gasteiger partial charge in [0.05, 0.1) is 33.8 Å². The lowest BCUT2D eigenvalue weighted by Gasteiger charge is -2.40. The number of nitrogens with zero attached hydrogens (tertiary/aromatic N) is 2. The van der Waals surface area contributed by atoms with Gasteiger partial charge in [0.2, 0.25) is 0 Å². The molecule has 0 fully saturated rings. The maximum absolute atomic E-state index is 13.4. The third kappa shape index (κ3) is 4.16. The quantitative estimate of drug-likeness (QED) is 0.457. The number of benzene rings is 1. The zero-order valence-electron chi connectivity index (χ0n) is 17.5. The van der Waals surface area contributed by atoms with Gasteiger partial charge in [0.25, 0.3) is 0 Å². The van der Waals surface area contributed by atoms with E-state index in [1.807, 2.05) is 18.4 Å². The summed E-state index contributed by atoms with van der Waals surface area (Å²) >= 11 is 9.37. The molecule has 0 bridgehead atoms. The number of thioether (sulfide) groups is 1. The second-order valence-corrected chi connectivity index (χ2v) is 10.2. The second kappa shape index (κ2) is 9.09. The van der Waals surface area contributed by atoms with Gasteiger partial charge in [-0.15, -0.1) is 23.1 Å². The molecule has 0 spiro atoms. The van der Waals surface area contributed by atoms with E-state index in [0.717, 1.165) is 33.7 Å². The number of halogens is 4. The van der Waals surface area contributed by atoms with Crippen molar-refractivity contribution in [3.8, 4) is 6.07 Å². The Morgan fingerprint density at radius 2 is 2.09 bits per heavy atom. The van der Waals surface area contributed by atoms with Gasteiger partial charge < -0.3 is 5.73 Å². The fraction of sp³-hybridized carbons (Fsp3) is 0.304. The molecule has 1 aliphatic heterocycles. The number of Topliss-reactive ketones (excluding diaryl/α,β-unsaturated/α-hetero) is 1. The Labute approximate surface area is 202 Å². The van der Waals surface area contributed by atoms with E-state index in [-0.39, 0.29) is 27.9 Å². The van der Waals surface area contributed by atoms with Crippen LogP contribution in [0.15, 0.2) is 57.2 Å². The highest BCUT2D eigenvalue weighted by molar-refractivity contribution is 7.99. The highest BCUT2D eigenvalue weighted by Crippen LogP contribution is 2.50. The third-order valence-electron chi connectivity index (χ3n) is 5.65. The number of nitriles is 1. The average molecular weight is 510 g/mol. The predicted molar refractivity (Wildman–Crippen MR) is 125 cm³/mol. The Morgan fingerprint density at radius 3 is 2.76 bits per heavy atom. The van der Waals surface area contributed by atoms with Crippen LogP contribution in [0.1, 0.15) is 42.5 Å². The molecule has 2 aromatic rings. The molecule has 4 nitrogen and oxygen atoms in total. The van der Waals surface area contributed by atoms with E-state index in [0.29, 0.717) is 30.5 Å². The number of thiophene rings is 1. The fourth-order valence-corrected chi connectivity index (χ4v) is 6.53. The Hall–Kier alpha value is -2.41. The molecule has 0 amide bonds. The summed E-state index contributed by atoms with van der Waals surface area (Å²) in [7, 11) is 0. The molecule has 2 heterocycles. The zero-order valence-corrected chi connectivity index (χ0v) is 19.9. The van der Waals surface area contributed by atoms with Crippen molar-refractivity contribution >= 4 is 46.2 Å². The number of hydrogen-bond donors (Lipinski definition) is 1. The van der Waals surface area contributed by atoms with Crippen LogP contribution in [0, 0.1) is 11.3 Å². The molecule has 0 unspecified atom stereocenters. The number of nitrogens with two attached hydrogens (primary N) is 1. The van der Waals surface area contributed by atoms with Crippen LogP contribution in [0.3, 0.4) is 0 Å². The first-order valence-corrected chi connectivity index (χ1v) is 12.5. The molecule has 1 aromatic carbocycles. The minimum absolute atomic E-state index is 0.00183. The van der Waals surface area contributed by atoms with E-state index in [1.165, 1.54) is 16.2 Å². The first-order chi connectivity index (χ1) is 15.7. The molecule has 1 atom stereocenters. The molecule has 1 aliphatic carbocycles. The SMILES string of the molecule is CCSc1ccsc1[C@H]1C(C#N)=C(N)N(c2cc(C(F)(F)F)ccc2Cl)C2=C1C(=O)CCC2. The number of ketones is 1. The van der Waals surface area contributed by atoms with Gasteiger partial charge in [0.15, 0.2) is 5.78 Å². The number of carbonyl (C=O) groups is 1. The minimum Gasteiger partial charge on any atom is -0.384 e. The number of carbonyl (C=O) groups excluding carboxylic acids is 1. The Balaban J connectivity index is 1.98. The van der Waals surface area contributed by atoms with Gasteiger partial charge in [-0.2, -0.15) is 18.4 Å². The smallest absolute Gasteiger partial charge is 0.384 e. The van der Waals surface area contributed by atoms with Gasteiger partial charge >= 0.3 is 6.18 Å². The summed E-state index contributed by atoms with van der Waals surface area (Å²) in [6, 6.07) is 7.05. The lowest BCUT2D eigenvalue weighted by atomic mass is 9.78. The van der Waals surface area contributed by atoms with Gasteiger partial charge in [-0.05, 0) is 48.2 Å². The number of alkyl halides is 3. The van der Waals surface area contributed by atoms with Crippen molar-refractivity contribution in [1.29, 1.82) is 5.26 Å². The average Bonchev–Trinajstić information content (AvgIpc) is 3.21. The van der Waals surface area contributed by atoms with Crippen LogP contribution in [-0.4, -0.2) is 11.5 Å². The standard InChI is InChI=1S/C23H19ClF3N3OS2/c1-2-32-18-8-9-33-21(18)19-13(11-28)22(29)30(15-4-3-5-17(31)20(15)19)16-10-12(23(25,26)27)6-7-14(16)24/h6-10,19H,2-5,29H2,1H3/t19-/m0/s1. The van der Waals surface area contributed by atoms with Gasteiger partial charge in [-0.3, -0.25) is 9.69 Å². The molecule has 4 rings (SSSR count). The summed E-state index contributed by atoms with van der Waals surface area (Å²) in [5.74, 6) is 0.0322. The normalized spacial score (nSPS) is 19.1. The molecular formula is C23H19ClF3N3OS2. The second-order valence-electron chi connectivity index (χ2n) is 7.56. The molecule has 0 radical (unpaired) electrons.